The van der Waals surface area contributed by atoms with Crippen LogP contribution >= 0.6 is 12.4 Å². The van der Waals surface area contributed by atoms with Crippen molar-refractivity contribution < 1.29 is 9.47 Å². The van der Waals surface area contributed by atoms with Gasteiger partial charge in [0.15, 0.2) is 11.5 Å². The molecule has 0 spiro atoms. The third kappa shape index (κ3) is 5.28. The highest BCUT2D eigenvalue weighted by Gasteiger charge is 2.21. The van der Waals surface area contributed by atoms with Gasteiger partial charge in [0.2, 0.25) is 0 Å². The van der Waals surface area contributed by atoms with E-state index in [1.54, 1.807) is 14.2 Å². The summed E-state index contributed by atoms with van der Waals surface area (Å²) in [6, 6.07) is 27.7. The average Bonchev–Trinajstić information content (AvgIpc) is 2.73. The summed E-state index contributed by atoms with van der Waals surface area (Å²) in [7, 11) is 3.32. The van der Waals surface area contributed by atoms with E-state index in [1.165, 1.54) is 16.7 Å². The van der Waals surface area contributed by atoms with Gasteiger partial charge in [0, 0.05) is 18.5 Å². The van der Waals surface area contributed by atoms with Crippen LogP contribution in [-0.4, -0.2) is 20.3 Å². The SMILES string of the molecule is COc1ccc(CNC(C)C(c2ccccc2)c2ccccc2)cc1OC.Cl. The van der Waals surface area contributed by atoms with E-state index in [0.29, 0.717) is 0 Å². The first kappa shape index (κ1) is 21.8. The van der Waals surface area contributed by atoms with Gasteiger partial charge in [-0.1, -0.05) is 66.7 Å². The van der Waals surface area contributed by atoms with Gasteiger partial charge in [-0.3, -0.25) is 0 Å². The molecular weight excluding hydrogens is 370 g/mol. The fraction of sp³-hybridized carbons (Fsp3) is 0.250. The maximum absolute atomic E-state index is 5.42. The van der Waals surface area contributed by atoms with Crippen LogP contribution < -0.4 is 14.8 Å². The molecule has 0 aliphatic rings. The summed E-state index contributed by atoms with van der Waals surface area (Å²) in [5.41, 5.74) is 3.80. The van der Waals surface area contributed by atoms with Crippen LogP contribution in [-0.2, 0) is 6.54 Å². The quantitative estimate of drug-likeness (QED) is 0.549. The molecule has 1 N–H and O–H groups in total. The van der Waals surface area contributed by atoms with Crippen LogP contribution in [0.2, 0.25) is 0 Å². The molecule has 28 heavy (non-hydrogen) atoms. The molecule has 0 amide bonds. The maximum Gasteiger partial charge on any atom is 0.161 e. The fourth-order valence-corrected chi connectivity index (χ4v) is 3.48. The Hall–Kier alpha value is -2.49. The zero-order valence-electron chi connectivity index (χ0n) is 16.6. The van der Waals surface area contributed by atoms with Gasteiger partial charge >= 0.3 is 0 Å². The third-order valence-electron chi connectivity index (χ3n) is 4.89. The number of methoxy groups -OCH3 is 2. The molecule has 0 bridgehead atoms. The van der Waals surface area contributed by atoms with Crippen LogP contribution in [0.1, 0.15) is 29.5 Å². The van der Waals surface area contributed by atoms with Crippen molar-refractivity contribution in [3.05, 3.63) is 95.6 Å². The number of rotatable bonds is 8. The minimum absolute atomic E-state index is 0. The van der Waals surface area contributed by atoms with Gasteiger partial charge in [-0.15, -0.1) is 12.4 Å². The van der Waals surface area contributed by atoms with Crippen LogP contribution in [0.25, 0.3) is 0 Å². The lowest BCUT2D eigenvalue weighted by molar-refractivity contribution is 0.354. The molecule has 3 aromatic carbocycles. The number of hydrogen-bond donors (Lipinski definition) is 1. The minimum Gasteiger partial charge on any atom is -0.493 e. The van der Waals surface area contributed by atoms with E-state index < -0.39 is 0 Å². The fourth-order valence-electron chi connectivity index (χ4n) is 3.48. The second kappa shape index (κ2) is 10.7. The molecule has 0 saturated carbocycles. The molecule has 148 valence electrons. The Balaban J connectivity index is 0.00000280. The molecule has 3 nitrogen and oxygen atoms in total. The van der Waals surface area contributed by atoms with Crippen LogP contribution in [0.4, 0.5) is 0 Å². The minimum atomic E-state index is 0. The van der Waals surface area contributed by atoms with Crippen molar-refractivity contribution >= 4 is 12.4 Å². The Morgan fingerprint density at radius 2 is 1.29 bits per heavy atom. The molecule has 0 radical (unpaired) electrons. The highest BCUT2D eigenvalue weighted by atomic mass is 35.5. The van der Waals surface area contributed by atoms with Crippen LogP contribution in [0.3, 0.4) is 0 Å². The van der Waals surface area contributed by atoms with Crippen molar-refractivity contribution in [1.29, 1.82) is 0 Å². The molecule has 3 aromatic rings. The first-order chi connectivity index (χ1) is 13.2. The molecule has 0 aliphatic carbocycles. The summed E-state index contributed by atoms with van der Waals surface area (Å²) in [6.07, 6.45) is 0. The second-order valence-corrected chi connectivity index (χ2v) is 6.66. The Morgan fingerprint density at radius 3 is 1.79 bits per heavy atom. The zero-order chi connectivity index (χ0) is 19.1. The molecule has 0 saturated heterocycles. The first-order valence-corrected chi connectivity index (χ1v) is 9.27. The van der Waals surface area contributed by atoms with E-state index in [4.69, 9.17) is 9.47 Å². The third-order valence-corrected chi connectivity index (χ3v) is 4.89. The standard InChI is InChI=1S/C24H27NO2.ClH/c1-18(25-17-19-14-15-22(26-2)23(16-19)27-3)24(20-10-6-4-7-11-20)21-12-8-5-9-13-21;/h4-16,18,24-25H,17H2,1-3H3;1H. The predicted octanol–water partition coefficient (Wildman–Crippen LogP) is 5.44. The van der Waals surface area contributed by atoms with Gasteiger partial charge in [0.25, 0.3) is 0 Å². The summed E-state index contributed by atoms with van der Waals surface area (Å²) in [5.74, 6) is 1.79. The van der Waals surface area contributed by atoms with E-state index >= 15 is 0 Å². The first-order valence-electron chi connectivity index (χ1n) is 9.27. The summed E-state index contributed by atoms with van der Waals surface area (Å²) >= 11 is 0. The van der Waals surface area contributed by atoms with Crippen LogP contribution in [0, 0.1) is 0 Å². The summed E-state index contributed by atoms with van der Waals surface area (Å²) in [4.78, 5) is 0. The van der Waals surface area contributed by atoms with Gasteiger partial charge in [-0.2, -0.15) is 0 Å². The number of nitrogens with one attached hydrogen (secondary N) is 1. The van der Waals surface area contributed by atoms with E-state index in [2.05, 4.69) is 79.0 Å². The molecule has 1 atom stereocenters. The molecule has 0 fully saturated rings. The molecule has 1 unspecified atom stereocenters. The molecular formula is C24H28ClNO2. The largest absolute Gasteiger partial charge is 0.493 e. The highest BCUT2D eigenvalue weighted by molar-refractivity contribution is 5.85. The zero-order valence-corrected chi connectivity index (χ0v) is 17.4. The molecule has 0 heterocycles. The van der Waals surface area contributed by atoms with Crippen molar-refractivity contribution in [3.63, 3.8) is 0 Å². The van der Waals surface area contributed by atoms with E-state index in [1.807, 2.05) is 12.1 Å². The summed E-state index contributed by atoms with van der Waals surface area (Å²) in [5, 5.41) is 3.69. The van der Waals surface area contributed by atoms with Crippen molar-refractivity contribution in [2.24, 2.45) is 0 Å². The highest BCUT2D eigenvalue weighted by Crippen LogP contribution is 2.30. The monoisotopic (exact) mass is 397 g/mol. The Labute approximate surface area is 174 Å². The number of hydrogen-bond acceptors (Lipinski definition) is 3. The van der Waals surface area contributed by atoms with Gasteiger partial charge < -0.3 is 14.8 Å². The van der Waals surface area contributed by atoms with Crippen molar-refractivity contribution in [1.82, 2.24) is 5.32 Å². The van der Waals surface area contributed by atoms with Gasteiger partial charge in [-0.05, 0) is 35.7 Å². The molecule has 3 rings (SSSR count). The maximum atomic E-state index is 5.42. The summed E-state index contributed by atoms with van der Waals surface area (Å²) < 4.78 is 10.7. The average molecular weight is 398 g/mol. The van der Waals surface area contributed by atoms with E-state index in [0.717, 1.165) is 18.0 Å². The van der Waals surface area contributed by atoms with Crippen LogP contribution in [0.5, 0.6) is 11.5 Å². The topological polar surface area (TPSA) is 30.5 Å². The number of ether oxygens (including phenoxy) is 2. The molecule has 0 aromatic heterocycles. The van der Waals surface area contributed by atoms with Gasteiger partial charge in [0.05, 0.1) is 14.2 Å². The normalized spacial score (nSPS) is 11.6. The second-order valence-electron chi connectivity index (χ2n) is 6.66. The molecule has 4 heteroatoms. The van der Waals surface area contributed by atoms with Gasteiger partial charge in [-0.25, -0.2) is 0 Å². The lowest BCUT2D eigenvalue weighted by Gasteiger charge is -2.26. The Kier molecular flexibility index (Phi) is 8.37. The predicted molar refractivity (Wildman–Crippen MR) is 118 cm³/mol. The number of benzene rings is 3. The Morgan fingerprint density at radius 1 is 0.750 bits per heavy atom. The molecule has 0 aliphatic heterocycles. The smallest absolute Gasteiger partial charge is 0.161 e. The van der Waals surface area contributed by atoms with Crippen molar-refractivity contribution in [2.75, 3.05) is 14.2 Å². The van der Waals surface area contributed by atoms with Crippen LogP contribution in [0.15, 0.2) is 78.9 Å². The Bertz CT molecular complexity index is 800. The van der Waals surface area contributed by atoms with Crippen molar-refractivity contribution in [3.8, 4) is 11.5 Å². The lowest BCUT2D eigenvalue weighted by atomic mass is 9.86. The lowest BCUT2D eigenvalue weighted by Crippen LogP contribution is -2.32. The van der Waals surface area contributed by atoms with Crippen molar-refractivity contribution in [2.45, 2.75) is 25.4 Å². The van der Waals surface area contributed by atoms with Gasteiger partial charge in [0.1, 0.15) is 0 Å². The van der Waals surface area contributed by atoms with E-state index in [-0.39, 0.29) is 24.4 Å². The number of halogens is 1. The van der Waals surface area contributed by atoms with E-state index in [9.17, 15) is 0 Å². The summed E-state index contributed by atoms with van der Waals surface area (Å²) in [6.45, 7) is 3.00.